The first-order chi connectivity index (χ1) is 9.70. The fourth-order valence-corrected chi connectivity index (χ4v) is 3.88. The number of likely N-dealkylation sites (tertiary alicyclic amines) is 1. The second-order valence-electron chi connectivity index (χ2n) is 6.67. The summed E-state index contributed by atoms with van der Waals surface area (Å²) in [6.07, 6.45) is 9.95. The Labute approximate surface area is 121 Å². The van der Waals surface area contributed by atoms with Crippen molar-refractivity contribution in [3.63, 3.8) is 0 Å². The van der Waals surface area contributed by atoms with Crippen LogP contribution in [0.5, 0.6) is 0 Å². The fraction of sp³-hybridized carbons (Fsp3) is 0.875. The Hall–Kier alpha value is -0.900. The van der Waals surface area contributed by atoms with E-state index in [1.54, 1.807) is 0 Å². The van der Waals surface area contributed by atoms with Crippen LogP contribution in [-0.4, -0.2) is 34.8 Å². The maximum atomic E-state index is 12.4. The van der Waals surface area contributed by atoms with E-state index in [0.717, 1.165) is 19.3 Å². The van der Waals surface area contributed by atoms with Gasteiger partial charge < -0.3 is 5.32 Å². The number of nitrogens with one attached hydrogen (secondary N) is 1. The largest absolute Gasteiger partial charge is 0.302 e. The quantitative estimate of drug-likeness (QED) is 0.785. The van der Waals surface area contributed by atoms with E-state index >= 15 is 0 Å². The van der Waals surface area contributed by atoms with Gasteiger partial charge in [0.25, 0.3) is 0 Å². The summed E-state index contributed by atoms with van der Waals surface area (Å²) in [6, 6.07) is 0.364. The molecule has 2 unspecified atom stereocenters. The first-order valence-corrected chi connectivity index (χ1v) is 8.32. The molecule has 1 saturated heterocycles. The maximum absolute atomic E-state index is 12.4. The molecule has 3 fully saturated rings. The normalized spacial score (nSPS) is 30.1. The van der Waals surface area contributed by atoms with Gasteiger partial charge in [-0.15, -0.1) is 0 Å². The summed E-state index contributed by atoms with van der Waals surface area (Å²) < 4.78 is 0. The van der Waals surface area contributed by atoms with Crippen LogP contribution in [0.15, 0.2) is 0 Å². The molecule has 0 aromatic carbocycles. The van der Waals surface area contributed by atoms with Gasteiger partial charge in [0, 0.05) is 12.1 Å². The molecule has 4 heteroatoms. The van der Waals surface area contributed by atoms with Crippen molar-refractivity contribution in [2.75, 3.05) is 0 Å². The minimum absolute atomic E-state index is 0.0340. The van der Waals surface area contributed by atoms with Gasteiger partial charge in [0.15, 0.2) is 0 Å². The Morgan fingerprint density at radius 1 is 1.15 bits per heavy atom. The summed E-state index contributed by atoms with van der Waals surface area (Å²) in [4.78, 5) is 25.9. The van der Waals surface area contributed by atoms with E-state index in [4.69, 9.17) is 0 Å². The van der Waals surface area contributed by atoms with Crippen LogP contribution in [-0.2, 0) is 9.59 Å². The third-order valence-electron chi connectivity index (χ3n) is 5.17. The van der Waals surface area contributed by atoms with Gasteiger partial charge >= 0.3 is 0 Å². The van der Waals surface area contributed by atoms with Gasteiger partial charge in [-0.2, -0.15) is 0 Å². The second kappa shape index (κ2) is 5.84. The van der Waals surface area contributed by atoms with Crippen molar-refractivity contribution < 1.29 is 9.59 Å². The molecule has 1 N–H and O–H groups in total. The number of nitrogens with zero attached hydrogens (tertiary/aromatic N) is 1. The SMILES string of the molecule is CCC(NC1CC(=O)N(C2CC2)C1=O)C1CCCCC1. The highest BCUT2D eigenvalue weighted by atomic mass is 16.2. The standard InChI is InChI=1S/C16H26N2O2/c1-2-13(11-6-4-3-5-7-11)17-14-10-15(19)18(16(14)20)12-8-9-12/h11-14,17H,2-10H2,1H3. The molecule has 4 nitrogen and oxygen atoms in total. The molecule has 0 aromatic rings. The van der Waals surface area contributed by atoms with E-state index in [2.05, 4.69) is 12.2 Å². The zero-order valence-corrected chi connectivity index (χ0v) is 12.4. The summed E-state index contributed by atoms with van der Waals surface area (Å²) in [5.74, 6) is 0.756. The van der Waals surface area contributed by atoms with Gasteiger partial charge in [-0.3, -0.25) is 14.5 Å². The minimum Gasteiger partial charge on any atom is -0.302 e. The predicted molar refractivity (Wildman–Crippen MR) is 77.1 cm³/mol. The van der Waals surface area contributed by atoms with Gasteiger partial charge in [-0.05, 0) is 38.0 Å². The van der Waals surface area contributed by atoms with E-state index < -0.39 is 0 Å². The van der Waals surface area contributed by atoms with E-state index in [0.29, 0.717) is 18.4 Å². The number of rotatable bonds is 5. The third kappa shape index (κ3) is 2.76. The van der Waals surface area contributed by atoms with Crippen LogP contribution in [0.1, 0.15) is 64.7 Å². The Kier molecular flexibility index (Phi) is 4.11. The molecule has 0 bridgehead atoms. The molecule has 1 heterocycles. The molecular formula is C16H26N2O2. The maximum Gasteiger partial charge on any atom is 0.247 e. The monoisotopic (exact) mass is 278 g/mol. The molecule has 2 atom stereocenters. The molecule has 2 saturated carbocycles. The molecular weight excluding hydrogens is 252 g/mol. The summed E-state index contributed by atoms with van der Waals surface area (Å²) in [5, 5.41) is 3.52. The molecule has 1 aliphatic heterocycles. The molecule has 20 heavy (non-hydrogen) atoms. The zero-order valence-electron chi connectivity index (χ0n) is 12.4. The lowest BCUT2D eigenvalue weighted by Gasteiger charge is -2.32. The minimum atomic E-state index is -0.255. The number of hydrogen-bond donors (Lipinski definition) is 1. The molecule has 3 rings (SSSR count). The van der Waals surface area contributed by atoms with Gasteiger partial charge in [0.2, 0.25) is 11.8 Å². The molecule has 112 valence electrons. The van der Waals surface area contributed by atoms with Gasteiger partial charge in [0.1, 0.15) is 0 Å². The van der Waals surface area contributed by atoms with Crippen LogP contribution in [0.3, 0.4) is 0 Å². The Balaban J connectivity index is 1.61. The number of hydrogen-bond acceptors (Lipinski definition) is 3. The summed E-state index contributed by atoms with van der Waals surface area (Å²) in [7, 11) is 0. The predicted octanol–water partition coefficient (Wildman–Crippen LogP) is 2.22. The summed E-state index contributed by atoms with van der Waals surface area (Å²) in [6.45, 7) is 2.19. The van der Waals surface area contributed by atoms with E-state index in [9.17, 15) is 9.59 Å². The zero-order chi connectivity index (χ0) is 14.1. The highest BCUT2D eigenvalue weighted by molar-refractivity contribution is 6.06. The molecule has 2 aliphatic carbocycles. The average molecular weight is 278 g/mol. The first kappa shape index (κ1) is 14.1. The lowest BCUT2D eigenvalue weighted by atomic mass is 9.82. The van der Waals surface area contributed by atoms with Crippen LogP contribution >= 0.6 is 0 Å². The van der Waals surface area contributed by atoms with Crippen molar-refractivity contribution in [2.24, 2.45) is 5.92 Å². The topological polar surface area (TPSA) is 49.4 Å². The Morgan fingerprint density at radius 2 is 1.85 bits per heavy atom. The van der Waals surface area contributed by atoms with Crippen molar-refractivity contribution in [1.82, 2.24) is 10.2 Å². The van der Waals surface area contributed by atoms with E-state index in [1.807, 2.05) is 0 Å². The number of carbonyl (C=O) groups excluding carboxylic acids is 2. The summed E-state index contributed by atoms with van der Waals surface area (Å²) in [5.41, 5.74) is 0. The summed E-state index contributed by atoms with van der Waals surface area (Å²) >= 11 is 0. The molecule has 3 aliphatic rings. The Bertz CT molecular complexity index is 386. The first-order valence-electron chi connectivity index (χ1n) is 8.32. The van der Waals surface area contributed by atoms with Crippen molar-refractivity contribution in [2.45, 2.75) is 82.8 Å². The van der Waals surface area contributed by atoms with Crippen LogP contribution in [0.25, 0.3) is 0 Å². The van der Waals surface area contributed by atoms with Crippen molar-refractivity contribution >= 4 is 11.8 Å². The molecule has 0 spiro atoms. The lowest BCUT2D eigenvalue weighted by molar-refractivity contribution is -0.139. The number of amides is 2. The molecule has 0 aromatic heterocycles. The van der Waals surface area contributed by atoms with Crippen molar-refractivity contribution in [1.29, 1.82) is 0 Å². The highest BCUT2D eigenvalue weighted by Crippen LogP contribution is 2.33. The van der Waals surface area contributed by atoms with Gasteiger partial charge in [-0.25, -0.2) is 0 Å². The van der Waals surface area contributed by atoms with E-state index in [-0.39, 0.29) is 23.9 Å². The fourth-order valence-electron chi connectivity index (χ4n) is 3.88. The van der Waals surface area contributed by atoms with Gasteiger partial charge in [-0.1, -0.05) is 26.2 Å². The second-order valence-corrected chi connectivity index (χ2v) is 6.67. The number of carbonyl (C=O) groups is 2. The van der Waals surface area contributed by atoms with Crippen LogP contribution in [0.2, 0.25) is 0 Å². The van der Waals surface area contributed by atoms with Crippen LogP contribution < -0.4 is 5.32 Å². The number of imide groups is 1. The third-order valence-corrected chi connectivity index (χ3v) is 5.17. The van der Waals surface area contributed by atoms with Crippen LogP contribution in [0.4, 0.5) is 0 Å². The molecule has 0 radical (unpaired) electrons. The van der Waals surface area contributed by atoms with E-state index in [1.165, 1.54) is 37.0 Å². The van der Waals surface area contributed by atoms with Gasteiger partial charge in [0.05, 0.1) is 12.5 Å². The van der Waals surface area contributed by atoms with Crippen molar-refractivity contribution in [3.8, 4) is 0 Å². The average Bonchev–Trinajstić information content (AvgIpc) is 3.25. The smallest absolute Gasteiger partial charge is 0.247 e. The molecule has 2 amide bonds. The van der Waals surface area contributed by atoms with Crippen LogP contribution in [0, 0.1) is 5.92 Å². The Morgan fingerprint density at radius 3 is 2.45 bits per heavy atom. The lowest BCUT2D eigenvalue weighted by Crippen LogP contribution is -2.47. The highest BCUT2D eigenvalue weighted by Gasteiger charge is 2.46. The van der Waals surface area contributed by atoms with Crippen molar-refractivity contribution in [3.05, 3.63) is 0 Å².